The molecule has 0 saturated carbocycles. The van der Waals surface area contributed by atoms with Crippen molar-refractivity contribution in [3.05, 3.63) is 46.1 Å². The molecule has 7 heteroatoms. The Bertz CT molecular complexity index is 615. The summed E-state index contributed by atoms with van der Waals surface area (Å²) < 4.78 is 0. The summed E-state index contributed by atoms with van der Waals surface area (Å²) in [5.41, 5.74) is 1.49. The Labute approximate surface area is 109 Å². The number of nitro benzene ring substituents is 1. The molecule has 2 N–H and O–H groups in total. The number of aromatic nitrogens is 2. The van der Waals surface area contributed by atoms with Gasteiger partial charge in [-0.2, -0.15) is 4.98 Å². The molecule has 0 aliphatic heterocycles. The van der Waals surface area contributed by atoms with Gasteiger partial charge in [0.1, 0.15) is 5.82 Å². The molecule has 0 aliphatic rings. The predicted molar refractivity (Wildman–Crippen MR) is 72.7 cm³/mol. The van der Waals surface area contributed by atoms with Crippen molar-refractivity contribution in [2.45, 2.75) is 6.92 Å². The third-order valence-corrected chi connectivity index (χ3v) is 2.52. The number of rotatable bonds is 4. The van der Waals surface area contributed by atoms with Crippen LogP contribution in [0.1, 0.15) is 5.56 Å². The highest BCUT2D eigenvalue weighted by molar-refractivity contribution is 5.62. The van der Waals surface area contributed by atoms with Gasteiger partial charge in [0, 0.05) is 36.6 Å². The molecule has 0 spiro atoms. The second kappa shape index (κ2) is 5.30. The first kappa shape index (κ1) is 12.7. The lowest BCUT2D eigenvalue weighted by molar-refractivity contribution is -0.384. The summed E-state index contributed by atoms with van der Waals surface area (Å²) in [5.74, 6) is 1.10. The molecule has 1 aromatic carbocycles. The van der Waals surface area contributed by atoms with Crippen molar-refractivity contribution in [1.82, 2.24) is 9.97 Å². The molecule has 0 unspecified atom stereocenters. The Morgan fingerprint density at radius 1 is 1.37 bits per heavy atom. The van der Waals surface area contributed by atoms with E-state index in [4.69, 9.17) is 0 Å². The van der Waals surface area contributed by atoms with Crippen LogP contribution in [0.4, 0.5) is 23.1 Å². The molecule has 0 fully saturated rings. The van der Waals surface area contributed by atoms with Crippen LogP contribution >= 0.6 is 0 Å². The second-order valence-corrected chi connectivity index (χ2v) is 3.91. The quantitative estimate of drug-likeness (QED) is 0.647. The smallest absolute Gasteiger partial charge is 0.271 e. The van der Waals surface area contributed by atoms with Crippen LogP contribution < -0.4 is 10.6 Å². The van der Waals surface area contributed by atoms with E-state index in [-0.39, 0.29) is 5.69 Å². The summed E-state index contributed by atoms with van der Waals surface area (Å²) in [6.45, 7) is 1.86. The summed E-state index contributed by atoms with van der Waals surface area (Å²) in [7, 11) is 1.72. The molecular weight excluding hydrogens is 246 g/mol. The van der Waals surface area contributed by atoms with Crippen molar-refractivity contribution in [3.63, 3.8) is 0 Å². The number of nitro groups is 1. The van der Waals surface area contributed by atoms with Crippen LogP contribution in [-0.4, -0.2) is 21.9 Å². The van der Waals surface area contributed by atoms with Gasteiger partial charge in [0.2, 0.25) is 5.95 Å². The van der Waals surface area contributed by atoms with Crippen molar-refractivity contribution in [2.75, 3.05) is 17.7 Å². The lowest BCUT2D eigenvalue weighted by Crippen LogP contribution is -2.02. The molecule has 0 radical (unpaired) electrons. The van der Waals surface area contributed by atoms with Crippen LogP contribution in [0.25, 0.3) is 0 Å². The molecule has 0 amide bonds. The minimum atomic E-state index is -0.433. The van der Waals surface area contributed by atoms with E-state index < -0.39 is 4.92 Å². The first-order valence-electron chi connectivity index (χ1n) is 5.63. The summed E-state index contributed by atoms with van der Waals surface area (Å²) in [6.07, 6.45) is 1.68. The highest BCUT2D eigenvalue weighted by Gasteiger charge is 2.08. The molecule has 0 aliphatic carbocycles. The Morgan fingerprint density at radius 3 is 2.84 bits per heavy atom. The molecule has 1 aromatic heterocycles. The van der Waals surface area contributed by atoms with Crippen molar-refractivity contribution in [1.29, 1.82) is 0 Å². The average Bonchev–Trinajstić information content (AvgIpc) is 2.41. The van der Waals surface area contributed by atoms with Crippen LogP contribution in [0.5, 0.6) is 0 Å². The number of benzene rings is 1. The maximum Gasteiger partial charge on any atom is 0.271 e. The molecule has 0 saturated heterocycles. The fourth-order valence-corrected chi connectivity index (χ4v) is 1.52. The van der Waals surface area contributed by atoms with Gasteiger partial charge < -0.3 is 10.6 Å². The average molecular weight is 259 g/mol. The maximum absolute atomic E-state index is 10.7. The highest BCUT2D eigenvalue weighted by atomic mass is 16.6. The number of anilines is 3. The molecule has 7 nitrogen and oxygen atoms in total. The van der Waals surface area contributed by atoms with E-state index in [2.05, 4.69) is 20.6 Å². The van der Waals surface area contributed by atoms with Crippen LogP contribution in [0.3, 0.4) is 0 Å². The van der Waals surface area contributed by atoms with Gasteiger partial charge in [-0.05, 0) is 13.0 Å². The second-order valence-electron chi connectivity index (χ2n) is 3.91. The standard InChI is InChI=1S/C12H13N5O2/c1-8-7-14-12(13-2)16-11(8)15-9-4-3-5-10(6-9)17(18)19/h3-7H,1-2H3,(H2,13,14,15,16). The zero-order valence-corrected chi connectivity index (χ0v) is 10.5. The fourth-order valence-electron chi connectivity index (χ4n) is 1.52. The van der Waals surface area contributed by atoms with E-state index in [0.29, 0.717) is 17.5 Å². The first-order valence-corrected chi connectivity index (χ1v) is 5.63. The number of nitrogens with zero attached hydrogens (tertiary/aromatic N) is 3. The van der Waals surface area contributed by atoms with E-state index in [0.717, 1.165) is 5.56 Å². The summed E-state index contributed by atoms with van der Waals surface area (Å²) in [5, 5.41) is 16.6. The normalized spacial score (nSPS) is 10.0. The van der Waals surface area contributed by atoms with Gasteiger partial charge in [0.05, 0.1) is 4.92 Å². The monoisotopic (exact) mass is 259 g/mol. The van der Waals surface area contributed by atoms with Gasteiger partial charge in [-0.1, -0.05) is 6.07 Å². The summed E-state index contributed by atoms with van der Waals surface area (Å²) >= 11 is 0. The van der Waals surface area contributed by atoms with Crippen molar-refractivity contribution in [3.8, 4) is 0 Å². The Hall–Kier alpha value is -2.70. The predicted octanol–water partition coefficient (Wildman–Crippen LogP) is 2.48. The Balaban J connectivity index is 2.30. The van der Waals surface area contributed by atoms with Gasteiger partial charge in [-0.25, -0.2) is 4.98 Å². The summed E-state index contributed by atoms with van der Waals surface area (Å²) in [6, 6.07) is 6.27. The van der Waals surface area contributed by atoms with Crippen molar-refractivity contribution < 1.29 is 4.92 Å². The van der Waals surface area contributed by atoms with Crippen LogP contribution in [-0.2, 0) is 0 Å². The molecule has 1 heterocycles. The minimum absolute atomic E-state index is 0.0329. The first-order chi connectivity index (χ1) is 9.10. The van der Waals surface area contributed by atoms with Gasteiger partial charge in [-0.15, -0.1) is 0 Å². The fraction of sp³-hybridized carbons (Fsp3) is 0.167. The van der Waals surface area contributed by atoms with Gasteiger partial charge in [-0.3, -0.25) is 10.1 Å². The zero-order chi connectivity index (χ0) is 13.8. The van der Waals surface area contributed by atoms with E-state index in [1.807, 2.05) is 6.92 Å². The van der Waals surface area contributed by atoms with E-state index in [9.17, 15) is 10.1 Å². The number of aryl methyl sites for hydroxylation is 1. The number of nitrogens with one attached hydrogen (secondary N) is 2. The van der Waals surface area contributed by atoms with Crippen LogP contribution in [0.2, 0.25) is 0 Å². The molecular formula is C12H13N5O2. The van der Waals surface area contributed by atoms with Gasteiger partial charge in [0.15, 0.2) is 0 Å². The van der Waals surface area contributed by atoms with E-state index >= 15 is 0 Å². The third-order valence-electron chi connectivity index (χ3n) is 2.52. The van der Waals surface area contributed by atoms with Gasteiger partial charge >= 0.3 is 0 Å². The SMILES string of the molecule is CNc1ncc(C)c(Nc2cccc([N+](=O)[O-])c2)n1. The Kier molecular flexibility index (Phi) is 3.56. The number of hydrogen-bond donors (Lipinski definition) is 2. The van der Waals surface area contributed by atoms with E-state index in [1.165, 1.54) is 12.1 Å². The summed E-state index contributed by atoms with van der Waals surface area (Å²) in [4.78, 5) is 18.6. The molecule has 2 aromatic rings. The molecule has 0 bridgehead atoms. The largest absolute Gasteiger partial charge is 0.357 e. The molecule has 0 atom stereocenters. The lowest BCUT2D eigenvalue weighted by Gasteiger charge is -2.09. The number of non-ortho nitro benzene ring substituents is 1. The van der Waals surface area contributed by atoms with Crippen molar-refractivity contribution >= 4 is 23.1 Å². The van der Waals surface area contributed by atoms with Gasteiger partial charge in [0.25, 0.3) is 5.69 Å². The minimum Gasteiger partial charge on any atom is -0.357 e. The highest BCUT2D eigenvalue weighted by Crippen LogP contribution is 2.22. The lowest BCUT2D eigenvalue weighted by atomic mass is 10.2. The van der Waals surface area contributed by atoms with E-state index in [1.54, 1.807) is 25.4 Å². The molecule has 98 valence electrons. The molecule has 19 heavy (non-hydrogen) atoms. The zero-order valence-electron chi connectivity index (χ0n) is 10.5. The van der Waals surface area contributed by atoms with Crippen molar-refractivity contribution in [2.24, 2.45) is 0 Å². The topological polar surface area (TPSA) is 93.0 Å². The number of hydrogen-bond acceptors (Lipinski definition) is 6. The third kappa shape index (κ3) is 2.95. The Morgan fingerprint density at radius 2 is 2.16 bits per heavy atom. The van der Waals surface area contributed by atoms with Crippen LogP contribution in [0, 0.1) is 17.0 Å². The molecule has 2 rings (SSSR count). The maximum atomic E-state index is 10.7. The van der Waals surface area contributed by atoms with Crippen LogP contribution in [0.15, 0.2) is 30.5 Å².